The maximum absolute atomic E-state index is 12.9. The molecule has 1 aromatic carbocycles. The summed E-state index contributed by atoms with van der Waals surface area (Å²) in [5, 5.41) is 5.44. The molecule has 0 fully saturated rings. The number of hydrogen-bond donors (Lipinski definition) is 2. The van der Waals surface area contributed by atoms with Gasteiger partial charge in [-0.1, -0.05) is 35.9 Å². The zero-order valence-corrected chi connectivity index (χ0v) is 17.3. The van der Waals surface area contributed by atoms with Gasteiger partial charge in [0.1, 0.15) is 15.2 Å². The van der Waals surface area contributed by atoms with E-state index < -0.39 is 26.9 Å². The highest BCUT2D eigenvalue weighted by atomic mass is 32.2. The zero-order valence-electron chi connectivity index (χ0n) is 15.6. The van der Waals surface area contributed by atoms with Crippen LogP contribution >= 0.6 is 11.3 Å². The standard InChI is InChI=1S/C20H20N2O5S2/c1-14-6-8-15(9-7-14)12-21-19(23)20(24)22-13-17(16-4-2-10-27-16)29(25,26)18-5-3-11-28-18/h2-11,17H,12-13H2,1H3,(H,21,23)(H,22,24)/t17-/m0/s1. The Labute approximate surface area is 172 Å². The highest BCUT2D eigenvalue weighted by Gasteiger charge is 2.33. The normalized spacial score (nSPS) is 12.3. The molecule has 1 atom stereocenters. The van der Waals surface area contributed by atoms with Gasteiger partial charge in [0.15, 0.2) is 9.84 Å². The highest BCUT2D eigenvalue weighted by molar-refractivity contribution is 7.93. The summed E-state index contributed by atoms with van der Waals surface area (Å²) < 4.78 is 31.2. The summed E-state index contributed by atoms with van der Waals surface area (Å²) in [5.41, 5.74) is 1.94. The van der Waals surface area contributed by atoms with Crippen LogP contribution < -0.4 is 10.6 Å². The van der Waals surface area contributed by atoms with E-state index in [1.807, 2.05) is 31.2 Å². The lowest BCUT2D eigenvalue weighted by atomic mass is 10.1. The number of thiophene rings is 1. The van der Waals surface area contributed by atoms with Crippen molar-refractivity contribution >= 4 is 33.0 Å². The Balaban J connectivity index is 1.64. The van der Waals surface area contributed by atoms with Gasteiger partial charge in [0.05, 0.1) is 6.26 Å². The molecule has 3 rings (SSSR count). The summed E-state index contributed by atoms with van der Waals surface area (Å²) in [6.07, 6.45) is 1.36. The van der Waals surface area contributed by atoms with E-state index in [9.17, 15) is 18.0 Å². The second-order valence-electron chi connectivity index (χ2n) is 6.36. The quantitative estimate of drug-likeness (QED) is 0.558. The number of carbonyl (C=O) groups is 2. The van der Waals surface area contributed by atoms with E-state index in [4.69, 9.17) is 4.42 Å². The lowest BCUT2D eigenvalue weighted by Gasteiger charge is -2.15. The number of sulfone groups is 1. The van der Waals surface area contributed by atoms with Gasteiger partial charge in [0.25, 0.3) is 0 Å². The summed E-state index contributed by atoms with van der Waals surface area (Å²) in [5.74, 6) is -1.55. The molecule has 9 heteroatoms. The molecule has 0 saturated heterocycles. The minimum Gasteiger partial charge on any atom is -0.468 e. The Bertz CT molecular complexity index is 1060. The summed E-state index contributed by atoms with van der Waals surface area (Å²) in [6, 6.07) is 13.7. The summed E-state index contributed by atoms with van der Waals surface area (Å²) in [4.78, 5) is 24.2. The molecule has 0 aliphatic carbocycles. The second kappa shape index (κ2) is 9.06. The largest absolute Gasteiger partial charge is 0.468 e. The third-order valence-corrected chi connectivity index (χ3v) is 7.73. The Morgan fingerprint density at radius 2 is 1.76 bits per heavy atom. The van der Waals surface area contributed by atoms with Gasteiger partial charge in [-0.25, -0.2) is 8.42 Å². The van der Waals surface area contributed by atoms with E-state index in [2.05, 4.69) is 10.6 Å². The fourth-order valence-electron chi connectivity index (χ4n) is 2.64. The number of aryl methyl sites for hydroxylation is 1. The van der Waals surface area contributed by atoms with Crippen LogP contribution in [0, 0.1) is 6.92 Å². The van der Waals surface area contributed by atoms with Crippen LogP contribution in [0.15, 0.2) is 68.8 Å². The molecule has 7 nitrogen and oxygen atoms in total. The Kier molecular flexibility index (Phi) is 6.50. The van der Waals surface area contributed by atoms with Crippen LogP contribution in [0.3, 0.4) is 0 Å². The number of furan rings is 1. The Morgan fingerprint density at radius 3 is 2.38 bits per heavy atom. The monoisotopic (exact) mass is 432 g/mol. The molecule has 0 aliphatic heterocycles. The number of hydrogen-bond acceptors (Lipinski definition) is 6. The summed E-state index contributed by atoms with van der Waals surface area (Å²) in [7, 11) is -3.78. The van der Waals surface area contributed by atoms with Crippen LogP contribution in [-0.4, -0.2) is 26.8 Å². The molecular formula is C20H20N2O5S2. The topological polar surface area (TPSA) is 105 Å². The first-order valence-corrected chi connectivity index (χ1v) is 11.2. The third-order valence-electron chi connectivity index (χ3n) is 4.24. The average molecular weight is 433 g/mol. The molecule has 0 spiro atoms. The van der Waals surface area contributed by atoms with Gasteiger partial charge in [-0.05, 0) is 36.1 Å². The summed E-state index contributed by atoms with van der Waals surface area (Å²) >= 11 is 1.08. The molecule has 0 aliphatic rings. The minimum absolute atomic E-state index is 0.164. The van der Waals surface area contributed by atoms with Crippen LogP contribution in [0.2, 0.25) is 0 Å². The van der Waals surface area contributed by atoms with Crippen LogP contribution in [0.25, 0.3) is 0 Å². The van der Waals surface area contributed by atoms with Gasteiger partial charge in [-0.2, -0.15) is 0 Å². The SMILES string of the molecule is Cc1ccc(CNC(=O)C(=O)NC[C@@H](c2ccco2)S(=O)(=O)c2cccs2)cc1. The third kappa shape index (κ3) is 5.12. The second-order valence-corrected chi connectivity index (χ2v) is 9.66. The Morgan fingerprint density at radius 1 is 1.03 bits per heavy atom. The molecule has 2 heterocycles. The minimum atomic E-state index is -3.78. The number of amides is 2. The van der Waals surface area contributed by atoms with Crippen molar-refractivity contribution in [3.05, 3.63) is 77.1 Å². The maximum Gasteiger partial charge on any atom is 0.309 e. The van der Waals surface area contributed by atoms with Gasteiger partial charge in [0, 0.05) is 13.1 Å². The van der Waals surface area contributed by atoms with E-state index >= 15 is 0 Å². The molecule has 29 heavy (non-hydrogen) atoms. The van der Waals surface area contributed by atoms with Crippen molar-refractivity contribution in [2.45, 2.75) is 22.9 Å². The van der Waals surface area contributed by atoms with Gasteiger partial charge in [0.2, 0.25) is 0 Å². The first kappa shape index (κ1) is 20.8. The first-order chi connectivity index (χ1) is 13.9. The average Bonchev–Trinajstić information content (AvgIpc) is 3.41. The molecule has 0 radical (unpaired) electrons. The smallest absolute Gasteiger partial charge is 0.309 e. The van der Waals surface area contributed by atoms with Crippen molar-refractivity contribution in [3.63, 3.8) is 0 Å². The molecule has 0 saturated carbocycles. The van der Waals surface area contributed by atoms with Gasteiger partial charge in [-0.3, -0.25) is 9.59 Å². The lowest BCUT2D eigenvalue weighted by Crippen LogP contribution is -2.42. The van der Waals surface area contributed by atoms with Crippen LogP contribution in [-0.2, 0) is 26.0 Å². The summed E-state index contributed by atoms with van der Waals surface area (Å²) in [6.45, 7) is 1.86. The Hall–Kier alpha value is -2.91. The maximum atomic E-state index is 12.9. The number of carbonyl (C=O) groups excluding carboxylic acids is 2. The number of nitrogens with one attached hydrogen (secondary N) is 2. The first-order valence-electron chi connectivity index (χ1n) is 8.80. The van der Waals surface area contributed by atoms with Crippen molar-refractivity contribution < 1.29 is 22.4 Å². The van der Waals surface area contributed by atoms with Crippen LogP contribution in [0.4, 0.5) is 0 Å². The molecule has 0 bridgehead atoms. The molecule has 152 valence electrons. The van der Waals surface area contributed by atoms with E-state index in [1.165, 1.54) is 18.4 Å². The van der Waals surface area contributed by atoms with Gasteiger partial charge in [-0.15, -0.1) is 11.3 Å². The van der Waals surface area contributed by atoms with E-state index in [1.54, 1.807) is 17.5 Å². The molecule has 0 unspecified atom stereocenters. The van der Waals surface area contributed by atoms with Crippen LogP contribution in [0.5, 0.6) is 0 Å². The molecule has 2 N–H and O–H groups in total. The van der Waals surface area contributed by atoms with Crippen molar-refractivity contribution in [1.29, 1.82) is 0 Å². The highest BCUT2D eigenvalue weighted by Crippen LogP contribution is 2.31. The zero-order chi connectivity index (χ0) is 20.9. The fourth-order valence-corrected chi connectivity index (χ4v) is 5.43. The van der Waals surface area contributed by atoms with Crippen molar-refractivity contribution in [3.8, 4) is 0 Å². The predicted molar refractivity (Wildman–Crippen MR) is 109 cm³/mol. The van der Waals surface area contributed by atoms with E-state index in [-0.39, 0.29) is 23.1 Å². The van der Waals surface area contributed by atoms with Crippen molar-refractivity contribution in [2.24, 2.45) is 0 Å². The molecule has 3 aromatic rings. The number of benzene rings is 1. The molecule has 2 amide bonds. The predicted octanol–water partition coefficient (Wildman–Crippen LogP) is 2.60. The number of rotatable bonds is 7. The molecular weight excluding hydrogens is 412 g/mol. The molecule has 2 aromatic heterocycles. The van der Waals surface area contributed by atoms with Gasteiger partial charge < -0.3 is 15.1 Å². The van der Waals surface area contributed by atoms with Crippen molar-refractivity contribution in [1.82, 2.24) is 10.6 Å². The van der Waals surface area contributed by atoms with Gasteiger partial charge >= 0.3 is 11.8 Å². The van der Waals surface area contributed by atoms with Crippen LogP contribution in [0.1, 0.15) is 22.1 Å². The van der Waals surface area contributed by atoms with E-state index in [0.29, 0.717) is 0 Å². The lowest BCUT2D eigenvalue weighted by molar-refractivity contribution is -0.139. The van der Waals surface area contributed by atoms with Crippen molar-refractivity contribution in [2.75, 3.05) is 6.54 Å². The van der Waals surface area contributed by atoms with E-state index in [0.717, 1.165) is 22.5 Å². The fraction of sp³-hybridized carbons (Fsp3) is 0.200.